The highest BCUT2D eigenvalue weighted by molar-refractivity contribution is 7.09. The second kappa shape index (κ2) is 6.58. The largest absolute Gasteiger partial charge is 0.507 e. The lowest BCUT2D eigenvalue weighted by Gasteiger charge is -2.04. The lowest BCUT2D eigenvalue weighted by Crippen LogP contribution is -2.19. The number of hydrazone groups is 1. The molecule has 3 rings (SSSR count). The van der Waals surface area contributed by atoms with Crippen LogP contribution in [0.4, 0.5) is 0 Å². The maximum Gasteiger partial charge on any atom is 0.246 e. The standard InChI is InChI=1S/C17H15N3O2S/c1-11-10-23-17(19-11)8-16(22)20-18-9-14-13-5-3-2-4-12(13)6-7-15(14)21/h2-7,9-10,21H,8H2,1H3,(H,20,22)/b18-9+. The monoisotopic (exact) mass is 325 g/mol. The molecule has 0 bridgehead atoms. The van der Waals surface area contributed by atoms with E-state index in [2.05, 4.69) is 15.5 Å². The Balaban J connectivity index is 1.73. The Labute approximate surface area is 137 Å². The molecule has 5 nitrogen and oxygen atoms in total. The predicted octanol–water partition coefficient (Wildman–Crippen LogP) is 3.00. The van der Waals surface area contributed by atoms with Gasteiger partial charge in [0.2, 0.25) is 5.91 Å². The van der Waals surface area contributed by atoms with E-state index >= 15 is 0 Å². The average molecular weight is 325 g/mol. The van der Waals surface area contributed by atoms with Crippen LogP contribution in [0.1, 0.15) is 16.3 Å². The molecule has 1 aromatic heterocycles. The fraction of sp³-hybridized carbons (Fsp3) is 0.118. The zero-order chi connectivity index (χ0) is 16.2. The number of carbonyl (C=O) groups excluding carboxylic acids is 1. The number of hydrogen-bond acceptors (Lipinski definition) is 5. The lowest BCUT2D eigenvalue weighted by molar-refractivity contribution is -0.120. The van der Waals surface area contributed by atoms with Crippen LogP contribution in [0.25, 0.3) is 10.8 Å². The molecule has 0 spiro atoms. The van der Waals surface area contributed by atoms with Crippen molar-refractivity contribution in [1.82, 2.24) is 10.4 Å². The smallest absolute Gasteiger partial charge is 0.246 e. The Hall–Kier alpha value is -2.73. The minimum atomic E-state index is -0.240. The van der Waals surface area contributed by atoms with Gasteiger partial charge in [0.25, 0.3) is 0 Å². The van der Waals surface area contributed by atoms with Gasteiger partial charge in [0.1, 0.15) is 10.8 Å². The molecular formula is C17H15N3O2S. The molecule has 0 aliphatic heterocycles. The van der Waals surface area contributed by atoms with E-state index in [0.29, 0.717) is 5.56 Å². The predicted molar refractivity (Wildman–Crippen MR) is 91.9 cm³/mol. The van der Waals surface area contributed by atoms with Crippen molar-refractivity contribution >= 4 is 34.2 Å². The highest BCUT2D eigenvalue weighted by Crippen LogP contribution is 2.25. The van der Waals surface area contributed by atoms with Gasteiger partial charge < -0.3 is 5.11 Å². The summed E-state index contributed by atoms with van der Waals surface area (Å²) < 4.78 is 0. The summed E-state index contributed by atoms with van der Waals surface area (Å²) in [5.41, 5.74) is 3.95. The van der Waals surface area contributed by atoms with Gasteiger partial charge in [-0.1, -0.05) is 30.3 Å². The molecular weight excluding hydrogens is 310 g/mol. The third kappa shape index (κ3) is 3.54. The number of nitrogens with zero attached hydrogens (tertiary/aromatic N) is 2. The first-order chi connectivity index (χ1) is 11.1. The third-order valence-corrected chi connectivity index (χ3v) is 4.28. The highest BCUT2D eigenvalue weighted by Gasteiger charge is 2.07. The molecule has 3 aromatic rings. The molecule has 1 amide bonds. The van der Waals surface area contributed by atoms with Crippen LogP contribution in [0.3, 0.4) is 0 Å². The summed E-state index contributed by atoms with van der Waals surface area (Å²) in [6, 6.07) is 11.1. The molecule has 0 aliphatic rings. The number of fused-ring (bicyclic) bond motifs is 1. The summed E-state index contributed by atoms with van der Waals surface area (Å²) in [5, 5.41) is 18.5. The minimum absolute atomic E-state index is 0.122. The first-order valence-electron chi connectivity index (χ1n) is 7.07. The van der Waals surface area contributed by atoms with Gasteiger partial charge in [-0.15, -0.1) is 11.3 Å². The van der Waals surface area contributed by atoms with Crippen molar-refractivity contribution in [1.29, 1.82) is 0 Å². The maximum atomic E-state index is 11.8. The summed E-state index contributed by atoms with van der Waals surface area (Å²) in [5.74, 6) is -0.118. The topological polar surface area (TPSA) is 74.6 Å². The Morgan fingerprint density at radius 1 is 1.35 bits per heavy atom. The van der Waals surface area contributed by atoms with Crippen molar-refractivity contribution < 1.29 is 9.90 Å². The number of aromatic nitrogens is 1. The number of phenolic OH excluding ortho intramolecular Hbond substituents is 1. The van der Waals surface area contributed by atoms with Crippen LogP contribution in [0.5, 0.6) is 5.75 Å². The number of hydrogen-bond donors (Lipinski definition) is 2. The van der Waals surface area contributed by atoms with E-state index in [9.17, 15) is 9.90 Å². The second-order valence-electron chi connectivity index (χ2n) is 5.07. The molecule has 0 aliphatic carbocycles. The van der Waals surface area contributed by atoms with Gasteiger partial charge in [-0.2, -0.15) is 5.10 Å². The van der Waals surface area contributed by atoms with E-state index in [1.165, 1.54) is 17.6 Å². The number of aromatic hydroxyl groups is 1. The number of amides is 1. The molecule has 0 radical (unpaired) electrons. The number of nitrogens with one attached hydrogen (secondary N) is 1. The normalized spacial score (nSPS) is 11.2. The molecule has 0 atom stereocenters. The van der Waals surface area contributed by atoms with Gasteiger partial charge >= 0.3 is 0 Å². The van der Waals surface area contributed by atoms with E-state index in [-0.39, 0.29) is 18.1 Å². The SMILES string of the molecule is Cc1csc(CC(=O)N/N=C/c2c(O)ccc3ccccc23)n1. The van der Waals surface area contributed by atoms with Crippen LogP contribution >= 0.6 is 11.3 Å². The molecule has 2 aromatic carbocycles. The van der Waals surface area contributed by atoms with Gasteiger partial charge in [0.15, 0.2) is 0 Å². The zero-order valence-corrected chi connectivity index (χ0v) is 13.3. The molecule has 0 fully saturated rings. The Kier molecular flexibility index (Phi) is 4.34. The molecule has 1 heterocycles. The van der Waals surface area contributed by atoms with Crippen LogP contribution < -0.4 is 5.43 Å². The number of rotatable bonds is 4. The average Bonchev–Trinajstić information content (AvgIpc) is 2.94. The number of phenols is 1. The van der Waals surface area contributed by atoms with E-state index in [1.807, 2.05) is 42.6 Å². The van der Waals surface area contributed by atoms with Crippen LogP contribution in [-0.4, -0.2) is 22.2 Å². The van der Waals surface area contributed by atoms with Crippen LogP contribution in [-0.2, 0) is 11.2 Å². The molecule has 116 valence electrons. The van der Waals surface area contributed by atoms with Crippen molar-refractivity contribution in [2.45, 2.75) is 13.3 Å². The second-order valence-corrected chi connectivity index (χ2v) is 6.01. The summed E-state index contributed by atoms with van der Waals surface area (Å²) in [7, 11) is 0. The fourth-order valence-corrected chi connectivity index (χ4v) is 3.02. The van der Waals surface area contributed by atoms with E-state index in [0.717, 1.165) is 21.5 Å². The quantitative estimate of drug-likeness (QED) is 0.572. The third-order valence-electron chi connectivity index (χ3n) is 3.31. The maximum absolute atomic E-state index is 11.8. The fourth-order valence-electron chi connectivity index (χ4n) is 2.25. The number of thiazole rings is 1. The number of carbonyl (C=O) groups is 1. The van der Waals surface area contributed by atoms with Crippen molar-refractivity contribution in [2.75, 3.05) is 0 Å². The molecule has 23 heavy (non-hydrogen) atoms. The van der Waals surface area contributed by atoms with Gasteiger partial charge in [-0.05, 0) is 23.8 Å². The van der Waals surface area contributed by atoms with Crippen LogP contribution in [0.2, 0.25) is 0 Å². The Morgan fingerprint density at radius 3 is 2.96 bits per heavy atom. The van der Waals surface area contributed by atoms with Crippen molar-refractivity contribution in [3.8, 4) is 5.75 Å². The van der Waals surface area contributed by atoms with Gasteiger partial charge in [-0.3, -0.25) is 4.79 Å². The first-order valence-corrected chi connectivity index (χ1v) is 7.95. The molecule has 0 saturated heterocycles. The van der Waals surface area contributed by atoms with Crippen molar-refractivity contribution in [3.63, 3.8) is 0 Å². The zero-order valence-electron chi connectivity index (χ0n) is 12.5. The van der Waals surface area contributed by atoms with E-state index in [4.69, 9.17) is 0 Å². The number of aryl methyl sites for hydroxylation is 1. The van der Waals surface area contributed by atoms with Crippen molar-refractivity contribution in [3.05, 3.63) is 58.0 Å². The van der Waals surface area contributed by atoms with Crippen LogP contribution in [0, 0.1) is 6.92 Å². The van der Waals surface area contributed by atoms with E-state index < -0.39 is 0 Å². The Bertz CT molecular complexity index is 886. The summed E-state index contributed by atoms with van der Waals surface area (Å²) in [6.07, 6.45) is 1.65. The first kappa shape index (κ1) is 15.2. The van der Waals surface area contributed by atoms with Gasteiger partial charge in [0.05, 0.1) is 12.6 Å². The summed E-state index contributed by atoms with van der Waals surface area (Å²) >= 11 is 1.45. The highest BCUT2D eigenvalue weighted by atomic mass is 32.1. The number of benzene rings is 2. The minimum Gasteiger partial charge on any atom is -0.507 e. The van der Waals surface area contributed by atoms with Crippen LogP contribution in [0.15, 0.2) is 46.9 Å². The molecule has 0 unspecified atom stereocenters. The summed E-state index contributed by atoms with van der Waals surface area (Å²) in [4.78, 5) is 16.1. The van der Waals surface area contributed by atoms with Crippen molar-refractivity contribution in [2.24, 2.45) is 5.10 Å². The summed E-state index contributed by atoms with van der Waals surface area (Å²) in [6.45, 7) is 1.89. The van der Waals surface area contributed by atoms with Gasteiger partial charge in [0, 0.05) is 16.6 Å². The molecule has 2 N–H and O–H groups in total. The van der Waals surface area contributed by atoms with Gasteiger partial charge in [-0.25, -0.2) is 10.4 Å². The molecule has 0 saturated carbocycles. The molecule has 6 heteroatoms. The lowest BCUT2D eigenvalue weighted by atomic mass is 10.0. The van der Waals surface area contributed by atoms with E-state index in [1.54, 1.807) is 6.07 Å². The Morgan fingerprint density at radius 2 is 2.17 bits per heavy atom.